The fourth-order valence-corrected chi connectivity index (χ4v) is 4.58. The average Bonchev–Trinajstić information content (AvgIpc) is 2.82. The zero-order chi connectivity index (χ0) is 22.5. The van der Waals surface area contributed by atoms with Gasteiger partial charge in [0.15, 0.2) is 0 Å². The maximum Gasteiger partial charge on any atom is 0.274 e. The molecule has 3 aromatic rings. The van der Waals surface area contributed by atoms with Crippen LogP contribution in [-0.2, 0) is 13.1 Å². The van der Waals surface area contributed by atoms with Crippen molar-refractivity contribution in [1.82, 2.24) is 20.3 Å². The molecule has 2 N–H and O–H groups in total. The van der Waals surface area contributed by atoms with E-state index < -0.39 is 5.91 Å². The lowest BCUT2D eigenvalue weighted by Gasteiger charge is -2.44. The summed E-state index contributed by atoms with van der Waals surface area (Å²) in [7, 11) is 0. The number of hydrogen-bond donors (Lipinski definition) is 2. The van der Waals surface area contributed by atoms with Gasteiger partial charge in [0.2, 0.25) is 0 Å². The molecule has 0 spiro atoms. The Labute approximate surface area is 189 Å². The summed E-state index contributed by atoms with van der Waals surface area (Å²) in [6, 6.07) is 21.1. The summed E-state index contributed by atoms with van der Waals surface area (Å²) < 4.78 is 0. The van der Waals surface area contributed by atoms with Crippen molar-refractivity contribution in [2.24, 2.45) is 0 Å². The number of nitrogens with zero attached hydrogens (tertiary/aromatic N) is 3. The van der Waals surface area contributed by atoms with Crippen LogP contribution in [0.2, 0.25) is 0 Å². The number of benzene rings is 2. The average molecular weight is 431 g/mol. The maximum atomic E-state index is 11.5. The topological polar surface area (TPSA) is 68.7 Å². The Bertz CT molecular complexity index is 1030. The Hall–Kier alpha value is -3.06. The SMILES string of the molecule is C[C@@H]1CN(Cc2ccc(C(=O)NO)cc2)C[C@H](C)N1Cc1cccc(-c2cccnc2)c1. The van der Waals surface area contributed by atoms with E-state index in [4.69, 9.17) is 5.21 Å². The van der Waals surface area contributed by atoms with Crippen molar-refractivity contribution in [2.45, 2.75) is 39.0 Å². The second kappa shape index (κ2) is 10.0. The predicted molar refractivity (Wildman–Crippen MR) is 125 cm³/mol. The molecule has 2 aromatic carbocycles. The van der Waals surface area contributed by atoms with Crippen molar-refractivity contribution >= 4 is 5.91 Å². The summed E-state index contributed by atoms with van der Waals surface area (Å²) >= 11 is 0. The van der Waals surface area contributed by atoms with Gasteiger partial charge in [0.1, 0.15) is 0 Å². The zero-order valence-corrected chi connectivity index (χ0v) is 18.6. The fraction of sp³-hybridized carbons (Fsp3) is 0.308. The van der Waals surface area contributed by atoms with Crippen molar-refractivity contribution in [2.75, 3.05) is 13.1 Å². The van der Waals surface area contributed by atoms with Gasteiger partial charge in [-0.1, -0.05) is 36.4 Å². The van der Waals surface area contributed by atoms with Gasteiger partial charge < -0.3 is 0 Å². The van der Waals surface area contributed by atoms with Gasteiger partial charge in [-0.05, 0) is 60.4 Å². The van der Waals surface area contributed by atoms with E-state index in [1.54, 1.807) is 23.8 Å². The number of pyridine rings is 1. The van der Waals surface area contributed by atoms with Gasteiger partial charge in [0.25, 0.3) is 5.91 Å². The molecule has 2 atom stereocenters. The summed E-state index contributed by atoms with van der Waals surface area (Å²) in [5, 5.41) is 8.77. The van der Waals surface area contributed by atoms with Crippen molar-refractivity contribution in [1.29, 1.82) is 0 Å². The molecule has 6 heteroatoms. The molecule has 1 saturated heterocycles. The first-order valence-electron chi connectivity index (χ1n) is 11.0. The third-order valence-electron chi connectivity index (χ3n) is 6.19. The number of amides is 1. The summed E-state index contributed by atoms with van der Waals surface area (Å²) in [5.41, 5.74) is 6.95. The molecule has 2 heterocycles. The van der Waals surface area contributed by atoms with E-state index in [2.05, 4.69) is 59.0 Å². The molecule has 6 nitrogen and oxygen atoms in total. The van der Waals surface area contributed by atoms with Gasteiger partial charge in [-0.15, -0.1) is 0 Å². The monoisotopic (exact) mass is 430 g/mol. The zero-order valence-electron chi connectivity index (χ0n) is 18.6. The first-order chi connectivity index (χ1) is 15.5. The Morgan fingerprint density at radius 2 is 1.69 bits per heavy atom. The highest BCUT2D eigenvalue weighted by atomic mass is 16.5. The number of hydrogen-bond acceptors (Lipinski definition) is 5. The molecule has 0 radical (unpaired) electrons. The molecule has 1 aliphatic rings. The quantitative estimate of drug-likeness (QED) is 0.458. The lowest BCUT2D eigenvalue weighted by molar-refractivity contribution is 0.0290. The second-order valence-electron chi connectivity index (χ2n) is 8.64. The van der Waals surface area contributed by atoms with Crippen molar-refractivity contribution in [3.8, 4) is 11.1 Å². The molecule has 0 aliphatic carbocycles. The Kier molecular flexibility index (Phi) is 6.95. The molecule has 1 fully saturated rings. The van der Waals surface area contributed by atoms with Crippen molar-refractivity contribution in [3.05, 3.63) is 89.7 Å². The van der Waals surface area contributed by atoms with Crippen LogP contribution >= 0.6 is 0 Å². The van der Waals surface area contributed by atoms with Crippen LogP contribution in [0.3, 0.4) is 0 Å². The molecule has 0 saturated carbocycles. The minimum atomic E-state index is -0.486. The van der Waals surface area contributed by atoms with Gasteiger partial charge in [0, 0.05) is 56.2 Å². The Morgan fingerprint density at radius 3 is 2.34 bits per heavy atom. The summed E-state index contributed by atoms with van der Waals surface area (Å²) in [6.45, 7) is 8.34. The van der Waals surface area contributed by atoms with E-state index in [1.165, 1.54) is 11.1 Å². The minimum Gasteiger partial charge on any atom is -0.296 e. The Morgan fingerprint density at radius 1 is 0.969 bits per heavy atom. The van der Waals surface area contributed by atoms with E-state index >= 15 is 0 Å². The molecule has 32 heavy (non-hydrogen) atoms. The highest BCUT2D eigenvalue weighted by Gasteiger charge is 2.29. The molecule has 0 unspecified atom stereocenters. The number of piperazine rings is 1. The number of nitrogens with one attached hydrogen (secondary N) is 1. The molecule has 4 rings (SSSR count). The molecule has 166 valence electrons. The smallest absolute Gasteiger partial charge is 0.274 e. The molecule has 0 bridgehead atoms. The number of carbonyl (C=O) groups excluding carboxylic acids is 1. The van der Waals surface area contributed by atoms with Gasteiger partial charge in [0.05, 0.1) is 0 Å². The molecule has 1 amide bonds. The van der Waals surface area contributed by atoms with Crippen LogP contribution < -0.4 is 5.48 Å². The first kappa shape index (κ1) is 22.1. The third-order valence-corrected chi connectivity index (χ3v) is 6.19. The number of hydroxylamine groups is 1. The van der Waals surface area contributed by atoms with Crippen LogP contribution in [-0.4, -0.2) is 51.1 Å². The molecule has 1 aliphatic heterocycles. The summed E-state index contributed by atoms with van der Waals surface area (Å²) in [6.07, 6.45) is 3.71. The van der Waals surface area contributed by atoms with E-state index in [9.17, 15) is 4.79 Å². The molecular formula is C26H30N4O2. The van der Waals surface area contributed by atoms with Crippen LogP contribution in [0.15, 0.2) is 73.1 Å². The normalized spacial score (nSPS) is 19.6. The van der Waals surface area contributed by atoms with E-state index in [0.29, 0.717) is 17.6 Å². The lowest BCUT2D eigenvalue weighted by Crippen LogP contribution is -2.55. The number of rotatable bonds is 6. The summed E-state index contributed by atoms with van der Waals surface area (Å²) in [5.74, 6) is -0.486. The Balaban J connectivity index is 1.39. The van der Waals surface area contributed by atoms with Crippen LogP contribution in [0.5, 0.6) is 0 Å². The number of carbonyl (C=O) groups is 1. The third kappa shape index (κ3) is 5.22. The highest BCUT2D eigenvalue weighted by molar-refractivity contribution is 5.93. The van der Waals surface area contributed by atoms with Crippen LogP contribution in [0, 0.1) is 0 Å². The highest BCUT2D eigenvalue weighted by Crippen LogP contribution is 2.24. The fourth-order valence-electron chi connectivity index (χ4n) is 4.58. The van der Waals surface area contributed by atoms with Gasteiger partial charge in [-0.25, -0.2) is 5.48 Å². The molecule has 1 aromatic heterocycles. The predicted octanol–water partition coefficient (Wildman–Crippen LogP) is 3.96. The van der Waals surface area contributed by atoms with Crippen molar-refractivity contribution < 1.29 is 10.0 Å². The van der Waals surface area contributed by atoms with Crippen LogP contribution in [0.4, 0.5) is 0 Å². The van der Waals surface area contributed by atoms with Gasteiger partial charge >= 0.3 is 0 Å². The largest absolute Gasteiger partial charge is 0.296 e. The first-order valence-corrected chi connectivity index (χ1v) is 11.0. The maximum absolute atomic E-state index is 11.5. The van der Waals surface area contributed by atoms with Crippen LogP contribution in [0.1, 0.15) is 35.3 Å². The molecular weight excluding hydrogens is 400 g/mol. The van der Waals surface area contributed by atoms with Gasteiger partial charge in [-0.3, -0.25) is 24.8 Å². The van der Waals surface area contributed by atoms with E-state index in [-0.39, 0.29) is 0 Å². The van der Waals surface area contributed by atoms with Crippen LogP contribution in [0.25, 0.3) is 11.1 Å². The van der Waals surface area contributed by atoms with Gasteiger partial charge in [-0.2, -0.15) is 0 Å². The lowest BCUT2D eigenvalue weighted by atomic mass is 10.0. The number of aromatic nitrogens is 1. The standard InChI is InChI=1S/C26H30N4O2/c1-19-15-29(17-21-8-10-23(11-9-21)26(31)28-32)16-20(2)30(19)18-22-5-3-6-24(13-22)25-7-4-12-27-14-25/h3-14,19-20,32H,15-18H2,1-2H3,(H,28,31)/t19-,20+. The van der Waals surface area contributed by atoms with E-state index in [0.717, 1.165) is 37.3 Å². The summed E-state index contributed by atoms with van der Waals surface area (Å²) in [4.78, 5) is 20.8. The second-order valence-corrected chi connectivity index (χ2v) is 8.64. The van der Waals surface area contributed by atoms with E-state index in [1.807, 2.05) is 24.4 Å². The minimum absolute atomic E-state index is 0.431. The van der Waals surface area contributed by atoms with Crippen molar-refractivity contribution in [3.63, 3.8) is 0 Å².